The highest BCUT2D eigenvalue weighted by Gasteiger charge is 2.56. The average molecular weight is 803 g/mol. The third-order valence-corrected chi connectivity index (χ3v) is 12.2. The first-order valence-corrected chi connectivity index (χ1v) is 18.9. The van der Waals surface area contributed by atoms with E-state index < -0.39 is 161 Å². The summed E-state index contributed by atoms with van der Waals surface area (Å²) in [5.74, 6) is -0.900. The highest BCUT2D eigenvalue weighted by atomic mass is 16.8. The molecular formula is C34H58O21. The molecule has 4 heterocycles. The minimum atomic E-state index is -1.89. The Labute approximate surface area is 316 Å². The van der Waals surface area contributed by atoms with Crippen LogP contribution in [-0.2, 0) is 37.9 Å². The van der Waals surface area contributed by atoms with Crippen molar-refractivity contribution in [2.24, 2.45) is 11.8 Å². The smallest absolute Gasteiger partial charge is 0.187 e. The topological polar surface area (TPSA) is 337 Å². The van der Waals surface area contributed by atoms with Crippen LogP contribution in [0.1, 0.15) is 38.5 Å². The van der Waals surface area contributed by atoms with Gasteiger partial charge in [-0.05, 0) is 38.0 Å². The molecule has 55 heavy (non-hydrogen) atoms. The Hall–Kier alpha value is -0.840. The molecule has 2 aliphatic carbocycles. The molecule has 21 nitrogen and oxygen atoms in total. The average Bonchev–Trinajstić information content (AvgIpc) is 3.17. The van der Waals surface area contributed by atoms with Crippen molar-refractivity contribution in [2.45, 2.75) is 173 Å². The number of rotatable bonds is 11. The Morgan fingerprint density at radius 2 is 1.02 bits per heavy atom. The zero-order chi connectivity index (χ0) is 39.9. The van der Waals surface area contributed by atoms with Crippen molar-refractivity contribution in [3.63, 3.8) is 0 Å². The molecular weight excluding hydrogens is 744 g/mol. The van der Waals surface area contributed by atoms with Crippen LogP contribution >= 0.6 is 0 Å². The van der Waals surface area contributed by atoms with Crippen molar-refractivity contribution in [3.05, 3.63) is 0 Å². The third-order valence-electron chi connectivity index (χ3n) is 12.2. The lowest BCUT2D eigenvalue weighted by atomic mass is 9.72. The minimum Gasteiger partial charge on any atom is -0.394 e. The predicted molar refractivity (Wildman–Crippen MR) is 176 cm³/mol. The van der Waals surface area contributed by atoms with E-state index in [0.29, 0.717) is 19.3 Å². The van der Waals surface area contributed by atoms with E-state index in [1.807, 2.05) is 0 Å². The lowest BCUT2D eigenvalue weighted by Crippen LogP contribution is -2.66. The number of ether oxygens (including phenoxy) is 8. The molecule has 4 aliphatic heterocycles. The van der Waals surface area contributed by atoms with Crippen molar-refractivity contribution in [3.8, 4) is 0 Å². The molecule has 0 bridgehead atoms. The summed E-state index contributed by atoms with van der Waals surface area (Å²) in [7, 11) is 1.47. The number of fused-ring (bicyclic) bond motifs is 1. The van der Waals surface area contributed by atoms with E-state index in [2.05, 4.69) is 0 Å². The quantitative estimate of drug-likeness (QED) is 0.0923. The van der Waals surface area contributed by atoms with Gasteiger partial charge in [0, 0.05) is 19.4 Å². The SMILES string of the molecule is COC1CC(C2OC3CC(O)CC(OC4OC(CO)C(O)C(O)C4O)C3CC2OC2OC(CO)C(O)C(O)C2OC2OC(CO)C(O)C(O)C2O)CCC1O. The molecule has 0 aromatic heterocycles. The van der Waals surface area contributed by atoms with Gasteiger partial charge in [0.2, 0.25) is 0 Å². The van der Waals surface area contributed by atoms with Gasteiger partial charge in [-0.2, -0.15) is 0 Å². The Morgan fingerprint density at radius 1 is 0.491 bits per heavy atom. The molecule has 0 spiro atoms. The van der Waals surface area contributed by atoms with Crippen molar-refractivity contribution in [1.29, 1.82) is 0 Å². The Kier molecular flexibility index (Phi) is 14.8. The second-order valence-electron chi connectivity index (χ2n) is 15.6. The summed E-state index contributed by atoms with van der Waals surface area (Å²) < 4.78 is 47.9. The van der Waals surface area contributed by atoms with Gasteiger partial charge in [0.25, 0.3) is 0 Å². The highest BCUT2D eigenvalue weighted by molar-refractivity contribution is 5.01. The Bertz CT molecular complexity index is 1200. The van der Waals surface area contributed by atoms with Crippen LogP contribution in [0, 0.1) is 11.8 Å². The lowest BCUT2D eigenvalue weighted by molar-refractivity contribution is -0.380. The third kappa shape index (κ3) is 9.03. The number of aliphatic hydroxyl groups is 13. The monoisotopic (exact) mass is 802 g/mol. The molecule has 0 aromatic carbocycles. The number of methoxy groups -OCH3 is 1. The van der Waals surface area contributed by atoms with Crippen LogP contribution in [0.2, 0.25) is 0 Å². The van der Waals surface area contributed by atoms with Gasteiger partial charge in [-0.15, -0.1) is 0 Å². The lowest BCUT2D eigenvalue weighted by Gasteiger charge is -2.53. The molecule has 24 atom stereocenters. The summed E-state index contributed by atoms with van der Waals surface area (Å²) in [6.07, 6.45) is -28.8. The molecule has 0 radical (unpaired) electrons. The van der Waals surface area contributed by atoms with Crippen LogP contribution < -0.4 is 0 Å². The second-order valence-corrected chi connectivity index (χ2v) is 15.6. The van der Waals surface area contributed by atoms with Crippen LogP contribution in [0.4, 0.5) is 0 Å². The van der Waals surface area contributed by atoms with Gasteiger partial charge in [0.1, 0.15) is 73.2 Å². The standard InChI is InChI=1S/C34H58O21/c1-48-17-4-11(2-3-14(17)39)30-18(7-13-15(49-30)5-12(38)6-16(13)50-32-28(46)25(43)22(40)19(8-35)52-32)51-34-31(27(45)24(42)21(10-37)54-34)55-33-29(47)26(44)23(41)20(9-36)53-33/h11-47H,2-10H2,1H3. The summed E-state index contributed by atoms with van der Waals surface area (Å²) in [4.78, 5) is 0. The summed E-state index contributed by atoms with van der Waals surface area (Å²) >= 11 is 0. The van der Waals surface area contributed by atoms with E-state index in [-0.39, 0.29) is 25.2 Å². The fraction of sp³-hybridized carbons (Fsp3) is 1.00. The molecule has 4 saturated heterocycles. The summed E-state index contributed by atoms with van der Waals surface area (Å²) in [5.41, 5.74) is 0. The van der Waals surface area contributed by atoms with E-state index in [1.54, 1.807) is 0 Å². The zero-order valence-corrected chi connectivity index (χ0v) is 30.3. The van der Waals surface area contributed by atoms with Crippen LogP contribution in [0.15, 0.2) is 0 Å². The van der Waals surface area contributed by atoms with Gasteiger partial charge in [0.05, 0.1) is 62.5 Å². The molecule has 320 valence electrons. The molecule has 6 fully saturated rings. The van der Waals surface area contributed by atoms with E-state index in [0.717, 1.165) is 0 Å². The van der Waals surface area contributed by atoms with Crippen molar-refractivity contribution in [2.75, 3.05) is 26.9 Å². The first-order chi connectivity index (χ1) is 26.2. The summed E-state index contributed by atoms with van der Waals surface area (Å²) in [5, 5.41) is 136. The van der Waals surface area contributed by atoms with Crippen molar-refractivity contribution >= 4 is 0 Å². The van der Waals surface area contributed by atoms with E-state index in [1.165, 1.54) is 7.11 Å². The van der Waals surface area contributed by atoms with Crippen LogP contribution in [-0.4, -0.2) is 228 Å². The largest absolute Gasteiger partial charge is 0.394 e. The van der Waals surface area contributed by atoms with E-state index in [4.69, 9.17) is 37.9 Å². The zero-order valence-electron chi connectivity index (χ0n) is 30.3. The Morgan fingerprint density at radius 3 is 1.58 bits per heavy atom. The maximum absolute atomic E-state index is 11.3. The number of hydrogen-bond donors (Lipinski definition) is 13. The van der Waals surface area contributed by atoms with Crippen LogP contribution in [0.5, 0.6) is 0 Å². The van der Waals surface area contributed by atoms with Gasteiger partial charge in [-0.3, -0.25) is 0 Å². The fourth-order valence-corrected chi connectivity index (χ4v) is 8.94. The molecule has 6 aliphatic rings. The normalized spacial score (nSPS) is 53.8. The van der Waals surface area contributed by atoms with Gasteiger partial charge in [-0.25, -0.2) is 0 Å². The first-order valence-electron chi connectivity index (χ1n) is 18.9. The molecule has 2 saturated carbocycles. The van der Waals surface area contributed by atoms with Gasteiger partial charge < -0.3 is 104 Å². The van der Waals surface area contributed by atoms with Gasteiger partial charge in [-0.1, -0.05) is 0 Å². The van der Waals surface area contributed by atoms with E-state index in [9.17, 15) is 66.4 Å². The van der Waals surface area contributed by atoms with Crippen LogP contribution in [0.3, 0.4) is 0 Å². The van der Waals surface area contributed by atoms with Gasteiger partial charge >= 0.3 is 0 Å². The molecule has 21 heteroatoms. The van der Waals surface area contributed by atoms with Crippen molar-refractivity contribution < 1.29 is 104 Å². The van der Waals surface area contributed by atoms with Crippen molar-refractivity contribution in [1.82, 2.24) is 0 Å². The van der Waals surface area contributed by atoms with E-state index >= 15 is 0 Å². The number of hydrogen-bond acceptors (Lipinski definition) is 21. The summed E-state index contributed by atoms with van der Waals surface area (Å²) in [6.45, 7) is -2.22. The van der Waals surface area contributed by atoms with Crippen LogP contribution in [0.25, 0.3) is 0 Å². The molecule has 0 aromatic rings. The molecule has 6 rings (SSSR count). The highest BCUT2D eigenvalue weighted by Crippen LogP contribution is 2.45. The van der Waals surface area contributed by atoms with Gasteiger partial charge in [0.15, 0.2) is 18.9 Å². The maximum atomic E-state index is 11.3. The molecule has 13 N–H and O–H groups in total. The molecule has 24 unspecified atom stereocenters. The predicted octanol–water partition coefficient (Wildman–Crippen LogP) is -6.71. The summed E-state index contributed by atoms with van der Waals surface area (Å²) in [6, 6.07) is 0. The minimum absolute atomic E-state index is 0.0264. The fourth-order valence-electron chi connectivity index (χ4n) is 8.94. The molecule has 0 amide bonds. The number of aliphatic hydroxyl groups excluding tert-OH is 13. The Balaban J connectivity index is 1.29. The first kappa shape index (κ1) is 43.7. The second kappa shape index (κ2) is 18.6. The maximum Gasteiger partial charge on any atom is 0.187 e.